The highest BCUT2D eigenvalue weighted by atomic mass is 32.2. The van der Waals surface area contributed by atoms with Crippen molar-refractivity contribution in [1.29, 1.82) is 0 Å². The molecule has 4 radical (unpaired) electrons. The Morgan fingerprint density at radius 3 is 2.00 bits per heavy atom. The fourth-order valence-corrected chi connectivity index (χ4v) is 5.37. The lowest BCUT2D eigenvalue weighted by Crippen LogP contribution is -2.30. The number of thioether (sulfide) groups is 2. The number of benzene rings is 2. The first-order chi connectivity index (χ1) is 12.6. The van der Waals surface area contributed by atoms with E-state index in [0.29, 0.717) is 0 Å². The molecule has 4 heteroatoms. The third kappa shape index (κ3) is 7.88. The van der Waals surface area contributed by atoms with Gasteiger partial charge in [0.2, 0.25) is 0 Å². The minimum Gasteiger partial charge on any atom is -0.158 e. The molecule has 0 heterocycles. The second-order valence-electron chi connectivity index (χ2n) is 6.87. The summed E-state index contributed by atoms with van der Waals surface area (Å²) in [6.45, 7) is 2.24. The molecule has 134 valence electrons. The molecule has 0 saturated carbocycles. The van der Waals surface area contributed by atoms with Crippen LogP contribution in [-0.2, 0) is 11.5 Å². The van der Waals surface area contributed by atoms with Crippen molar-refractivity contribution in [3.63, 3.8) is 0 Å². The maximum Gasteiger partial charge on any atom is 0.0646 e. The van der Waals surface area contributed by atoms with E-state index in [0.717, 1.165) is 23.7 Å². The van der Waals surface area contributed by atoms with Crippen LogP contribution in [0.25, 0.3) is 0 Å². The third-order valence-corrected chi connectivity index (χ3v) is 7.25. The molecule has 0 saturated heterocycles. The second-order valence-corrected chi connectivity index (χ2v) is 9.05. The van der Waals surface area contributed by atoms with Crippen molar-refractivity contribution in [2.75, 3.05) is 5.75 Å². The van der Waals surface area contributed by atoms with Crippen LogP contribution in [0.5, 0.6) is 0 Å². The summed E-state index contributed by atoms with van der Waals surface area (Å²) >= 11 is 3.75. The van der Waals surface area contributed by atoms with Gasteiger partial charge in [-0.1, -0.05) is 92.1 Å². The van der Waals surface area contributed by atoms with Crippen molar-refractivity contribution in [2.45, 2.75) is 54.6 Å². The monoisotopic (exact) mass is 378 g/mol. The fraction of sp³-hybridized carbons (Fsp3) is 0.455. The van der Waals surface area contributed by atoms with Crippen molar-refractivity contribution in [1.82, 2.24) is 0 Å². The van der Waals surface area contributed by atoms with Crippen LogP contribution in [-0.4, -0.2) is 26.7 Å². The van der Waals surface area contributed by atoms with Crippen molar-refractivity contribution in [3.8, 4) is 0 Å². The lowest BCUT2D eigenvalue weighted by Gasteiger charge is -2.35. The molecule has 26 heavy (non-hydrogen) atoms. The highest BCUT2D eigenvalue weighted by molar-refractivity contribution is 8.00. The van der Waals surface area contributed by atoms with Crippen LogP contribution in [0.3, 0.4) is 0 Å². The largest absolute Gasteiger partial charge is 0.158 e. The molecule has 2 aromatic rings. The van der Waals surface area contributed by atoms with E-state index in [-0.39, 0.29) is 5.25 Å². The Labute approximate surface area is 171 Å². The molecule has 1 unspecified atom stereocenters. The zero-order chi connectivity index (χ0) is 18.7. The summed E-state index contributed by atoms with van der Waals surface area (Å²) in [7, 11) is 13.2. The summed E-state index contributed by atoms with van der Waals surface area (Å²) in [5.41, 5.74) is 2.67. The number of hydrogen-bond donors (Lipinski definition) is 0. The number of hydrogen-bond acceptors (Lipinski definition) is 2. The van der Waals surface area contributed by atoms with E-state index in [1.807, 2.05) is 29.6 Å². The van der Waals surface area contributed by atoms with Gasteiger partial charge in [-0.3, -0.25) is 0 Å². The molecule has 0 aliphatic carbocycles. The highest BCUT2D eigenvalue weighted by Gasteiger charge is 2.28. The molecule has 2 aromatic carbocycles. The van der Waals surface area contributed by atoms with Crippen LogP contribution in [0.15, 0.2) is 60.7 Å². The summed E-state index contributed by atoms with van der Waals surface area (Å²) in [6.07, 6.45) is 4.75. The molecule has 0 aliphatic rings. The summed E-state index contributed by atoms with van der Waals surface area (Å²) in [5.74, 6) is 2.71. The van der Waals surface area contributed by atoms with Gasteiger partial charge in [-0.25, -0.2) is 0 Å². The molecule has 0 N–H and O–H groups in total. The van der Waals surface area contributed by atoms with Crippen LogP contribution in [0.4, 0.5) is 0 Å². The maximum absolute atomic E-state index is 6.61. The molecule has 0 bridgehead atoms. The smallest absolute Gasteiger partial charge is 0.0646 e. The zero-order valence-corrected chi connectivity index (χ0v) is 17.4. The second kappa shape index (κ2) is 11.9. The molecule has 0 amide bonds. The average Bonchev–Trinajstić information content (AvgIpc) is 2.66. The van der Waals surface area contributed by atoms with Gasteiger partial charge in [0.05, 0.1) is 15.7 Å². The van der Waals surface area contributed by atoms with Gasteiger partial charge in [0.1, 0.15) is 0 Å². The first-order valence-electron chi connectivity index (χ1n) is 9.47. The Morgan fingerprint density at radius 2 is 1.42 bits per heavy atom. The maximum atomic E-state index is 6.61. The van der Waals surface area contributed by atoms with Gasteiger partial charge in [-0.2, -0.15) is 23.5 Å². The van der Waals surface area contributed by atoms with Crippen LogP contribution in [0, 0.1) is 0 Å². The first-order valence-corrected chi connectivity index (χ1v) is 11.7. The molecular weight excluding hydrogens is 350 g/mol. The number of rotatable bonds is 12. The van der Waals surface area contributed by atoms with E-state index >= 15 is 0 Å². The standard InChI is InChI=1S/C22H28B2S2/c1-2-3-6-15-21(26-17-20-13-9-5-10-14-20)22(23,24)18-25-16-19-11-7-4-8-12-19/h4-5,7-14,21H,2-3,6,15-18H2,1H3. The SMILES string of the molecule is [B]C([B])(CSCc1ccccc1)C(CCCCC)SCc1ccccc1. The van der Waals surface area contributed by atoms with Gasteiger partial charge in [-0.15, -0.1) is 0 Å². The Hall–Kier alpha value is -0.730. The van der Waals surface area contributed by atoms with Gasteiger partial charge in [-0.05, 0) is 28.6 Å². The lowest BCUT2D eigenvalue weighted by molar-refractivity contribution is 0.618. The summed E-state index contributed by atoms with van der Waals surface area (Å²) in [4.78, 5) is 0. The summed E-state index contributed by atoms with van der Waals surface area (Å²) in [5, 5.41) is -0.371. The lowest BCUT2D eigenvalue weighted by atomic mass is 9.53. The number of unbranched alkanes of at least 4 members (excludes halogenated alkanes) is 2. The molecule has 0 fully saturated rings. The Balaban J connectivity index is 1.89. The van der Waals surface area contributed by atoms with Crippen LogP contribution >= 0.6 is 23.5 Å². The van der Waals surface area contributed by atoms with Crippen LogP contribution in [0.2, 0.25) is 5.21 Å². The molecule has 0 aromatic heterocycles. The molecular formula is C22H28B2S2. The van der Waals surface area contributed by atoms with E-state index < -0.39 is 5.21 Å². The van der Waals surface area contributed by atoms with E-state index in [9.17, 15) is 0 Å². The van der Waals surface area contributed by atoms with Crippen molar-refractivity contribution in [3.05, 3.63) is 71.8 Å². The minimum atomic E-state index is -0.646. The Morgan fingerprint density at radius 1 is 0.846 bits per heavy atom. The van der Waals surface area contributed by atoms with Crippen LogP contribution < -0.4 is 0 Å². The van der Waals surface area contributed by atoms with Gasteiger partial charge in [0, 0.05) is 11.5 Å². The normalized spacial score (nSPS) is 12.8. The quantitative estimate of drug-likeness (QED) is 0.316. The van der Waals surface area contributed by atoms with E-state index in [1.165, 1.54) is 30.4 Å². The zero-order valence-electron chi connectivity index (χ0n) is 15.8. The fourth-order valence-electron chi connectivity index (χ4n) is 2.87. The average molecular weight is 378 g/mol. The van der Waals surface area contributed by atoms with Crippen molar-refractivity contribution in [2.24, 2.45) is 0 Å². The highest BCUT2D eigenvalue weighted by Crippen LogP contribution is 2.40. The predicted molar refractivity (Wildman–Crippen MR) is 122 cm³/mol. The molecule has 0 spiro atoms. The first kappa shape index (κ1) is 21.6. The minimum absolute atomic E-state index is 0.275. The van der Waals surface area contributed by atoms with E-state index in [4.69, 9.17) is 15.7 Å². The van der Waals surface area contributed by atoms with Crippen molar-refractivity contribution < 1.29 is 0 Å². The molecule has 0 aliphatic heterocycles. The van der Waals surface area contributed by atoms with Gasteiger partial charge in [0.25, 0.3) is 0 Å². The van der Waals surface area contributed by atoms with E-state index in [1.54, 1.807) is 0 Å². The topological polar surface area (TPSA) is 0 Å². The summed E-state index contributed by atoms with van der Waals surface area (Å²) < 4.78 is 0. The van der Waals surface area contributed by atoms with Gasteiger partial charge in [0.15, 0.2) is 0 Å². The third-order valence-electron chi connectivity index (χ3n) is 4.43. The Kier molecular flexibility index (Phi) is 9.85. The Bertz CT molecular complexity index is 602. The van der Waals surface area contributed by atoms with Gasteiger partial charge < -0.3 is 0 Å². The molecule has 1 atom stereocenters. The van der Waals surface area contributed by atoms with Crippen LogP contribution in [0.1, 0.15) is 43.7 Å². The molecule has 2 rings (SSSR count). The molecule has 0 nitrogen and oxygen atoms in total. The van der Waals surface area contributed by atoms with E-state index in [2.05, 4.69) is 61.5 Å². The summed E-state index contributed by atoms with van der Waals surface area (Å²) in [6, 6.07) is 21.1. The van der Waals surface area contributed by atoms with Gasteiger partial charge >= 0.3 is 0 Å². The predicted octanol–water partition coefficient (Wildman–Crippen LogP) is 6.26. The van der Waals surface area contributed by atoms with Crippen molar-refractivity contribution >= 4 is 39.2 Å².